The molecule has 0 bridgehead atoms. The number of hydrogen-bond acceptors (Lipinski definition) is 5. The van der Waals surface area contributed by atoms with Gasteiger partial charge in [-0.05, 0) is 57.6 Å². The van der Waals surface area contributed by atoms with Crippen LogP contribution >= 0.6 is 0 Å². The summed E-state index contributed by atoms with van der Waals surface area (Å²) in [4.78, 5) is 23.8. The van der Waals surface area contributed by atoms with Gasteiger partial charge >= 0.3 is 0 Å². The molecule has 0 saturated carbocycles. The molecule has 28 heavy (non-hydrogen) atoms. The van der Waals surface area contributed by atoms with Crippen LogP contribution < -0.4 is 10.6 Å². The summed E-state index contributed by atoms with van der Waals surface area (Å²) in [6.45, 7) is 5.33. The molecule has 3 aromatic rings. The molecule has 0 spiro atoms. The van der Waals surface area contributed by atoms with Crippen molar-refractivity contribution in [2.75, 3.05) is 18.9 Å². The van der Waals surface area contributed by atoms with Crippen molar-refractivity contribution in [3.63, 3.8) is 0 Å². The van der Waals surface area contributed by atoms with Crippen molar-refractivity contribution in [2.24, 2.45) is 0 Å². The zero-order valence-electron chi connectivity index (χ0n) is 16.4. The summed E-state index contributed by atoms with van der Waals surface area (Å²) < 4.78 is 0. The van der Waals surface area contributed by atoms with Crippen LogP contribution in [0, 0.1) is 0 Å². The van der Waals surface area contributed by atoms with Crippen LogP contribution in [0.1, 0.15) is 30.6 Å². The van der Waals surface area contributed by atoms with E-state index >= 15 is 0 Å². The third-order valence-corrected chi connectivity index (χ3v) is 5.83. The largest absolute Gasteiger partial charge is 0.347 e. The molecule has 2 heterocycles. The monoisotopic (exact) mass is 375 g/mol. The molecule has 1 fully saturated rings. The number of likely N-dealkylation sites (N-methyl/N-ethyl adjacent to an activating group) is 1. The molecule has 1 aromatic heterocycles. The lowest BCUT2D eigenvalue weighted by atomic mass is 9.95. The first-order valence-corrected chi connectivity index (χ1v) is 9.54. The minimum atomic E-state index is -0.0513. The standard InChI is InChI=1S/C22H25N5O/c1-22(2)19(11-12-27(22)3)26-21(28)15-7-6-8-16(13-15)25-20-17-9-4-5-10-18(17)23-14-24-20/h4-10,13-14,19H,11-12H2,1-3H3,(H,26,28)(H,23,24,25). The second-order valence-electron chi connectivity index (χ2n) is 7.84. The van der Waals surface area contributed by atoms with Crippen LogP contribution in [0.4, 0.5) is 11.5 Å². The molecule has 6 nitrogen and oxygen atoms in total. The molecular formula is C22H25N5O. The molecule has 4 rings (SSSR count). The highest BCUT2D eigenvalue weighted by atomic mass is 16.1. The van der Waals surface area contributed by atoms with Gasteiger partial charge in [0.15, 0.2) is 0 Å². The lowest BCUT2D eigenvalue weighted by Crippen LogP contribution is -2.51. The number of hydrogen-bond donors (Lipinski definition) is 2. The number of anilines is 2. The van der Waals surface area contributed by atoms with E-state index in [1.165, 1.54) is 0 Å². The van der Waals surface area contributed by atoms with Crippen LogP contribution in [-0.4, -0.2) is 45.9 Å². The first kappa shape index (κ1) is 18.4. The third-order valence-electron chi connectivity index (χ3n) is 5.83. The maximum Gasteiger partial charge on any atom is 0.251 e. The summed E-state index contributed by atoms with van der Waals surface area (Å²) >= 11 is 0. The van der Waals surface area contributed by atoms with Crippen LogP contribution in [0.5, 0.6) is 0 Å². The lowest BCUT2D eigenvalue weighted by molar-refractivity contribution is 0.0901. The zero-order chi connectivity index (χ0) is 19.7. The fourth-order valence-corrected chi connectivity index (χ4v) is 3.70. The molecule has 1 saturated heterocycles. The Bertz CT molecular complexity index is 1010. The second kappa shape index (κ2) is 7.20. The number of rotatable bonds is 4. The number of fused-ring (bicyclic) bond motifs is 1. The highest BCUT2D eigenvalue weighted by Crippen LogP contribution is 2.28. The molecule has 0 radical (unpaired) electrons. The minimum Gasteiger partial charge on any atom is -0.347 e. The van der Waals surface area contributed by atoms with Crippen molar-refractivity contribution in [3.8, 4) is 0 Å². The lowest BCUT2D eigenvalue weighted by Gasteiger charge is -2.33. The molecule has 1 atom stereocenters. The van der Waals surface area contributed by atoms with Gasteiger partial charge in [0.05, 0.1) is 5.52 Å². The van der Waals surface area contributed by atoms with Gasteiger partial charge in [-0.1, -0.05) is 18.2 Å². The topological polar surface area (TPSA) is 70.2 Å². The van der Waals surface area contributed by atoms with Gasteiger partial charge in [0.25, 0.3) is 5.91 Å². The summed E-state index contributed by atoms with van der Waals surface area (Å²) in [5.41, 5.74) is 2.28. The number of nitrogens with one attached hydrogen (secondary N) is 2. The van der Waals surface area contributed by atoms with E-state index in [0.717, 1.165) is 35.4 Å². The highest BCUT2D eigenvalue weighted by Gasteiger charge is 2.39. The van der Waals surface area contributed by atoms with Crippen LogP contribution in [-0.2, 0) is 0 Å². The quantitative estimate of drug-likeness (QED) is 0.729. The fourth-order valence-electron chi connectivity index (χ4n) is 3.70. The molecule has 1 unspecified atom stereocenters. The summed E-state index contributed by atoms with van der Waals surface area (Å²) in [6.07, 6.45) is 2.50. The number of carbonyl (C=O) groups is 1. The SMILES string of the molecule is CN1CCC(NC(=O)c2cccc(Nc3ncnc4ccccc34)c2)C1(C)C. The Kier molecular flexibility index (Phi) is 4.73. The van der Waals surface area contributed by atoms with E-state index < -0.39 is 0 Å². The summed E-state index contributed by atoms with van der Waals surface area (Å²) in [5, 5.41) is 7.46. The molecule has 2 N–H and O–H groups in total. The smallest absolute Gasteiger partial charge is 0.251 e. The van der Waals surface area contributed by atoms with Crippen LogP contribution in [0.25, 0.3) is 10.9 Å². The Hall–Kier alpha value is -2.99. The molecule has 1 aliphatic heterocycles. The van der Waals surface area contributed by atoms with E-state index in [-0.39, 0.29) is 17.5 Å². The average molecular weight is 375 g/mol. The molecule has 1 amide bonds. The van der Waals surface area contributed by atoms with Gasteiger partial charge in [-0.2, -0.15) is 0 Å². The van der Waals surface area contributed by atoms with Gasteiger partial charge in [0.2, 0.25) is 0 Å². The molecule has 1 aliphatic rings. The predicted octanol–water partition coefficient (Wildman–Crippen LogP) is 3.59. The van der Waals surface area contributed by atoms with Gasteiger partial charge in [-0.25, -0.2) is 9.97 Å². The van der Waals surface area contributed by atoms with Crippen molar-refractivity contribution in [1.29, 1.82) is 0 Å². The Morgan fingerprint density at radius 2 is 1.96 bits per heavy atom. The Morgan fingerprint density at radius 3 is 2.75 bits per heavy atom. The van der Waals surface area contributed by atoms with E-state index in [1.54, 1.807) is 6.33 Å². The summed E-state index contributed by atoms with van der Waals surface area (Å²) in [6, 6.07) is 15.5. The van der Waals surface area contributed by atoms with E-state index in [2.05, 4.69) is 46.4 Å². The Labute approximate surface area is 165 Å². The number of likely N-dealkylation sites (tertiary alicyclic amines) is 1. The third kappa shape index (κ3) is 3.43. The van der Waals surface area contributed by atoms with Gasteiger partial charge < -0.3 is 10.6 Å². The minimum absolute atomic E-state index is 0.0502. The van der Waals surface area contributed by atoms with E-state index in [4.69, 9.17) is 0 Å². The van der Waals surface area contributed by atoms with Crippen LogP contribution in [0.3, 0.4) is 0 Å². The first-order valence-electron chi connectivity index (χ1n) is 9.54. The maximum atomic E-state index is 12.8. The van der Waals surface area contributed by atoms with Gasteiger partial charge in [-0.15, -0.1) is 0 Å². The molecular weight excluding hydrogens is 350 g/mol. The van der Waals surface area contributed by atoms with Crippen molar-refractivity contribution < 1.29 is 4.79 Å². The molecule has 2 aromatic carbocycles. The first-order chi connectivity index (χ1) is 13.4. The van der Waals surface area contributed by atoms with Gasteiger partial charge in [-0.3, -0.25) is 9.69 Å². The number of nitrogens with zero attached hydrogens (tertiary/aromatic N) is 3. The summed E-state index contributed by atoms with van der Waals surface area (Å²) in [7, 11) is 2.10. The van der Waals surface area contributed by atoms with E-state index in [1.807, 2.05) is 48.5 Å². The van der Waals surface area contributed by atoms with Gasteiger partial charge in [0, 0.05) is 34.8 Å². The highest BCUT2D eigenvalue weighted by molar-refractivity contribution is 5.96. The maximum absolute atomic E-state index is 12.8. The predicted molar refractivity (Wildman–Crippen MR) is 112 cm³/mol. The number of aromatic nitrogens is 2. The number of carbonyl (C=O) groups excluding carboxylic acids is 1. The average Bonchev–Trinajstić information content (AvgIpc) is 2.95. The van der Waals surface area contributed by atoms with Crippen LogP contribution in [0.2, 0.25) is 0 Å². The number of amides is 1. The molecule has 0 aliphatic carbocycles. The molecule has 144 valence electrons. The van der Waals surface area contributed by atoms with Crippen molar-refractivity contribution in [2.45, 2.75) is 31.8 Å². The van der Waals surface area contributed by atoms with E-state index in [0.29, 0.717) is 5.56 Å². The summed E-state index contributed by atoms with van der Waals surface area (Å²) in [5.74, 6) is 0.672. The Morgan fingerprint density at radius 1 is 1.14 bits per heavy atom. The Balaban J connectivity index is 1.54. The van der Waals surface area contributed by atoms with Crippen LogP contribution in [0.15, 0.2) is 54.9 Å². The number of para-hydroxylation sites is 1. The normalized spacial score (nSPS) is 18.9. The van der Waals surface area contributed by atoms with Crippen molar-refractivity contribution in [1.82, 2.24) is 20.2 Å². The fraction of sp³-hybridized carbons (Fsp3) is 0.318. The second-order valence-corrected chi connectivity index (χ2v) is 7.84. The van der Waals surface area contributed by atoms with E-state index in [9.17, 15) is 4.79 Å². The zero-order valence-corrected chi connectivity index (χ0v) is 16.4. The van der Waals surface area contributed by atoms with Gasteiger partial charge in [0.1, 0.15) is 12.1 Å². The van der Waals surface area contributed by atoms with Crippen molar-refractivity contribution in [3.05, 3.63) is 60.4 Å². The van der Waals surface area contributed by atoms with Crippen molar-refractivity contribution >= 4 is 28.3 Å². The number of benzene rings is 2. The molecule has 6 heteroatoms.